The standard InChI is InChI=1S/C25H32BrClN2O3/c1-5-7-12-28-25(31)22(6-2)29(15-19-10-8-9-11-21(19)27)23(30)16-32-20-13-17(3)24(26)18(4)14-20/h8-11,13-14,22H,5-7,12,15-16H2,1-4H3,(H,28,31). The zero-order valence-corrected chi connectivity index (χ0v) is 21.6. The van der Waals surface area contributed by atoms with Crippen LogP contribution in [0, 0.1) is 13.8 Å². The largest absolute Gasteiger partial charge is 0.484 e. The van der Waals surface area contributed by atoms with Crippen LogP contribution in [0.1, 0.15) is 49.8 Å². The van der Waals surface area contributed by atoms with Gasteiger partial charge in [0.15, 0.2) is 6.61 Å². The molecule has 0 spiro atoms. The monoisotopic (exact) mass is 522 g/mol. The Morgan fingerprint density at radius 3 is 2.41 bits per heavy atom. The van der Waals surface area contributed by atoms with Crippen LogP contribution >= 0.6 is 27.5 Å². The lowest BCUT2D eigenvalue weighted by Gasteiger charge is -2.31. The summed E-state index contributed by atoms with van der Waals surface area (Å²) in [5.41, 5.74) is 2.85. The average Bonchev–Trinajstić information content (AvgIpc) is 2.77. The zero-order valence-electron chi connectivity index (χ0n) is 19.2. The highest BCUT2D eigenvalue weighted by Crippen LogP contribution is 2.26. The molecule has 0 fully saturated rings. The first-order chi connectivity index (χ1) is 15.3. The number of nitrogens with one attached hydrogen (secondary N) is 1. The van der Waals surface area contributed by atoms with Gasteiger partial charge in [0.2, 0.25) is 5.91 Å². The highest BCUT2D eigenvalue weighted by Gasteiger charge is 2.29. The Hall–Kier alpha value is -2.05. The number of nitrogens with zero attached hydrogens (tertiary/aromatic N) is 1. The number of ether oxygens (including phenoxy) is 1. The van der Waals surface area contributed by atoms with Gasteiger partial charge >= 0.3 is 0 Å². The molecule has 32 heavy (non-hydrogen) atoms. The number of aryl methyl sites for hydroxylation is 2. The second-order valence-corrected chi connectivity index (χ2v) is 9.04. The number of carbonyl (C=O) groups excluding carboxylic acids is 2. The third-order valence-corrected chi connectivity index (χ3v) is 6.91. The molecule has 2 amide bonds. The first-order valence-corrected chi connectivity index (χ1v) is 12.2. The van der Waals surface area contributed by atoms with Gasteiger partial charge in [-0.15, -0.1) is 0 Å². The number of unbranched alkanes of at least 4 members (excludes halogenated alkanes) is 1. The van der Waals surface area contributed by atoms with Crippen LogP contribution in [0.5, 0.6) is 5.75 Å². The number of amides is 2. The van der Waals surface area contributed by atoms with E-state index in [1.807, 2.05) is 51.1 Å². The van der Waals surface area contributed by atoms with E-state index in [0.717, 1.165) is 34.0 Å². The van der Waals surface area contributed by atoms with Crippen LogP contribution in [0.3, 0.4) is 0 Å². The highest BCUT2D eigenvalue weighted by atomic mass is 79.9. The smallest absolute Gasteiger partial charge is 0.261 e. The molecule has 0 aliphatic carbocycles. The Kier molecular flexibility index (Phi) is 10.5. The van der Waals surface area contributed by atoms with E-state index in [0.29, 0.717) is 23.7 Å². The normalized spacial score (nSPS) is 11.7. The molecule has 0 aliphatic rings. The number of hydrogen-bond donors (Lipinski definition) is 1. The zero-order chi connectivity index (χ0) is 23.7. The SMILES string of the molecule is CCCCNC(=O)C(CC)N(Cc1ccccc1Cl)C(=O)COc1cc(C)c(Br)c(C)c1. The van der Waals surface area contributed by atoms with Crippen molar-refractivity contribution < 1.29 is 14.3 Å². The summed E-state index contributed by atoms with van der Waals surface area (Å²) in [7, 11) is 0. The van der Waals surface area contributed by atoms with Gasteiger partial charge in [-0.3, -0.25) is 9.59 Å². The second-order valence-electron chi connectivity index (χ2n) is 7.84. The number of halogens is 2. The van der Waals surface area contributed by atoms with Crippen molar-refractivity contribution in [2.45, 2.75) is 59.5 Å². The van der Waals surface area contributed by atoms with Gasteiger partial charge in [0, 0.05) is 22.6 Å². The Labute approximate surface area is 204 Å². The van der Waals surface area contributed by atoms with E-state index in [2.05, 4.69) is 28.2 Å². The molecule has 0 radical (unpaired) electrons. The van der Waals surface area contributed by atoms with Gasteiger partial charge in [-0.05, 0) is 61.6 Å². The third-order valence-electron chi connectivity index (χ3n) is 5.29. The van der Waals surface area contributed by atoms with E-state index in [1.165, 1.54) is 0 Å². The van der Waals surface area contributed by atoms with Crippen LogP contribution < -0.4 is 10.1 Å². The number of benzene rings is 2. The molecule has 1 N–H and O–H groups in total. The quantitative estimate of drug-likeness (QED) is 0.378. The summed E-state index contributed by atoms with van der Waals surface area (Å²) in [5.74, 6) is 0.201. The number of carbonyl (C=O) groups is 2. The fourth-order valence-electron chi connectivity index (χ4n) is 3.45. The van der Waals surface area contributed by atoms with Crippen LogP contribution in [-0.4, -0.2) is 35.9 Å². The van der Waals surface area contributed by atoms with Crippen LogP contribution in [0.4, 0.5) is 0 Å². The van der Waals surface area contributed by atoms with Gasteiger partial charge in [-0.25, -0.2) is 0 Å². The van der Waals surface area contributed by atoms with Gasteiger partial charge < -0.3 is 15.0 Å². The van der Waals surface area contributed by atoms with Gasteiger partial charge in [-0.2, -0.15) is 0 Å². The van der Waals surface area contributed by atoms with Gasteiger partial charge in [0.05, 0.1) is 0 Å². The van der Waals surface area contributed by atoms with Crippen molar-refractivity contribution in [2.24, 2.45) is 0 Å². The fourth-order valence-corrected chi connectivity index (χ4v) is 3.88. The highest BCUT2D eigenvalue weighted by molar-refractivity contribution is 9.10. The van der Waals surface area contributed by atoms with E-state index in [-0.39, 0.29) is 25.0 Å². The van der Waals surface area contributed by atoms with Crippen LogP contribution in [0.15, 0.2) is 40.9 Å². The number of rotatable bonds is 11. The van der Waals surface area contributed by atoms with E-state index in [1.54, 1.807) is 11.0 Å². The lowest BCUT2D eigenvalue weighted by Crippen LogP contribution is -2.50. The molecule has 1 atom stereocenters. The molecule has 0 heterocycles. The van der Waals surface area contributed by atoms with Crippen molar-refractivity contribution >= 4 is 39.3 Å². The average molecular weight is 524 g/mol. The lowest BCUT2D eigenvalue weighted by molar-refractivity contribution is -0.143. The van der Waals surface area contributed by atoms with Crippen molar-refractivity contribution in [3.63, 3.8) is 0 Å². The first-order valence-electron chi connectivity index (χ1n) is 11.0. The minimum Gasteiger partial charge on any atom is -0.484 e. The molecule has 1 unspecified atom stereocenters. The Morgan fingerprint density at radius 1 is 1.16 bits per heavy atom. The molecule has 174 valence electrons. The molecule has 5 nitrogen and oxygen atoms in total. The molecule has 7 heteroatoms. The van der Waals surface area contributed by atoms with Crippen molar-refractivity contribution in [3.8, 4) is 5.75 Å². The van der Waals surface area contributed by atoms with Crippen LogP contribution in [0.2, 0.25) is 5.02 Å². The maximum Gasteiger partial charge on any atom is 0.261 e. The van der Waals surface area contributed by atoms with E-state index in [4.69, 9.17) is 16.3 Å². The Balaban J connectivity index is 2.22. The van der Waals surface area contributed by atoms with E-state index < -0.39 is 6.04 Å². The van der Waals surface area contributed by atoms with Crippen molar-refractivity contribution in [1.29, 1.82) is 0 Å². The molecule has 0 saturated heterocycles. The predicted molar refractivity (Wildman–Crippen MR) is 133 cm³/mol. The summed E-state index contributed by atoms with van der Waals surface area (Å²) in [6.07, 6.45) is 2.37. The molecule has 0 saturated carbocycles. The summed E-state index contributed by atoms with van der Waals surface area (Å²) in [6, 6.07) is 10.5. The minimum atomic E-state index is -0.604. The van der Waals surface area contributed by atoms with Crippen LogP contribution in [0.25, 0.3) is 0 Å². The molecule has 0 bridgehead atoms. The summed E-state index contributed by atoms with van der Waals surface area (Å²) >= 11 is 9.89. The van der Waals surface area contributed by atoms with Gasteiger partial charge in [0.25, 0.3) is 5.91 Å². The summed E-state index contributed by atoms with van der Waals surface area (Å²) in [4.78, 5) is 27.7. The maximum absolute atomic E-state index is 13.3. The predicted octanol–water partition coefficient (Wildman–Crippen LogP) is 5.82. The molecule has 2 aromatic rings. The molecule has 2 aromatic carbocycles. The molecule has 0 aliphatic heterocycles. The Morgan fingerprint density at radius 2 is 1.81 bits per heavy atom. The van der Waals surface area contributed by atoms with E-state index in [9.17, 15) is 9.59 Å². The number of hydrogen-bond acceptors (Lipinski definition) is 3. The van der Waals surface area contributed by atoms with Crippen molar-refractivity contribution in [2.75, 3.05) is 13.2 Å². The van der Waals surface area contributed by atoms with Gasteiger partial charge in [0.1, 0.15) is 11.8 Å². The lowest BCUT2D eigenvalue weighted by atomic mass is 10.1. The first kappa shape index (κ1) is 26.2. The molecular weight excluding hydrogens is 492 g/mol. The van der Waals surface area contributed by atoms with Crippen molar-refractivity contribution in [1.82, 2.24) is 10.2 Å². The maximum atomic E-state index is 13.3. The van der Waals surface area contributed by atoms with Crippen LogP contribution in [-0.2, 0) is 16.1 Å². The van der Waals surface area contributed by atoms with E-state index >= 15 is 0 Å². The molecule has 2 rings (SSSR count). The fraction of sp³-hybridized carbons (Fsp3) is 0.440. The minimum absolute atomic E-state index is 0.156. The molecule has 0 aromatic heterocycles. The second kappa shape index (κ2) is 12.9. The van der Waals surface area contributed by atoms with Gasteiger partial charge in [-0.1, -0.05) is 66.0 Å². The Bertz CT molecular complexity index is 912. The topological polar surface area (TPSA) is 58.6 Å². The summed E-state index contributed by atoms with van der Waals surface area (Å²) < 4.78 is 6.85. The third kappa shape index (κ3) is 7.24. The van der Waals surface area contributed by atoms with Crippen molar-refractivity contribution in [3.05, 3.63) is 62.6 Å². The molecular formula is C25H32BrClN2O3. The summed E-state index contributed by atoms with van der Waals surface area (Å²) in [6.45, 7) is 8.59. The summed E-state index contributed by atoms with van der Waals surface area (Å²) in [5, 5.41) is 3.52.